The van der Waals surface area contributed by atoms with Crippen LogP contribution in [0.3, 0.4) is 0 Å². The molecule has 0 heterocycles. The Hall–Kier alpha value is -3.02. The molecule has 0 aromatic heterocycles. The minimum atomic E-state index is -1.24. The number of methoxy groups -OCH3 is 2. The molecule has 1 aliphatic rings. The van der Waals surface area contributed by atoms with Crippen molar-refractivity contribution in [3.8, 4) is 17.2 Å². The van der Waals surface area contributed by atoms with Gasteiger partial charge < -0.3 is 19.5 Å². The van der Waals surface area contributed by atoms with Crippen LogP contribution in [0.4, 0.5) is 5.69 Å². The summed E-state index contributed by atoms with van der Waals surface area (Å²) in [7, 11) is 3.04. The second-order valence-corrected chi connectivity index (χ2v) is 7.29. The fourth-order valence-electron chi connectivity index (χ4n) is 2.84. The van der Waals surface area contributed by atoms with Crippen LogP contribution in [0.15, 0.2) is 42.5 Å². The first kappa shape index (κ1) is 19.7. The third-order valence-corrected chi connectivity index (χ3v) is 5.01. The van der Waals surface area contributed by atoms with Gasteiger partial charge in [0, 0.05) is 11.5 Å². The lowest BCUT2D eigenvalue weighted by atomic mass is 9.98. The Bertz CT molecular complexity index is 871. The fraction of sp³-hybridized carbons (Fsp3) is 0.364. The number of carbonyl (C=O) groups is 2. The van der Waals surface area contributed by atoms with E-state index in [0.717, 1.165) is 18.4 Å². The maximum absolute atomic E-state index is 13.0. The standard InChI is InChI=1S/C22H25NO5/c1-14-5-7-15(8-6-14)28-19(20(24)22(2)11-12-22)21(25)23-17-13-16(26-3)9-10-18(17)27-4/h5-10,13,19H,11-12H2,1-4H3,(H,23,25). The average molecular weight is 383 g/mol. The van der Waals surface area contributed by atoms with Gasteiger partial charge in [0.25, 0.3) is 5.91 Å². The molecule has 6 nitrogen and oxygen atoms in total. The molecule has 0 spiro atoms. The molecule has 1 aliphatic carbocycles. The second-order valence-electron chi connectivity index (χ2n) is 7.29. The zero-order chi connectivity index (χ0) is 20.3. The van der Waals surface area contributed by atoms with Crippen LogP contribution in [0.2, 0.25) is 0 Å². The number of Topliss-reactive ketones (excluding diaryl/α,β-unsaturated/α-hetero) is 1. The zero-order valence-electron chi connectivity index (χ0n) is 16.6. The summed E-state index contributed by atoms with van der Waals surface area (Å²) in [4.78, 5) is 26.0. The molecule has 0 bridgehead atoms. The van der Waals surface area contributed by atoms with Gasteiger partial charge in [-0.05, 0) is 44.0 Å². The number of ketones is 1. The Morgan fingerprint density at radius 2 is 1.64 bits per heavy atom. The summed E-state index contributed by atoms with van der Waals surface area (Å²) in [5.74, 6) is 0.750. The van der Waals surface area contributed by atoms with Gasteiger partial charge in [-0.15, -0.1) is 0 Å². The highest BCUT2D eigenvalue weighted by Gasteiger charge is 2.50. The molecule has 0 saturated heterocycles. The van der Waals surface area contributed by atoms with Crippen LogP contribution in [0.1, 0.15) is 25.3 Å². The van der Waals surface area contributed by atoms with E-state index >= 15 is 0 Å². The van der Waals surface area contributed by atoms with E-state index in [1.165, 1.54) is 14.2 Å². The van der Waals surface area contributed by atoms with Crippen LogP contribution >= 0.6 is 0 Å². The number of ether oxygens (including phenoxy) is 3. The molecule has 0 aliphatic heterocycles. The maximum atomic E-state index is 13.0. The van der Waals surface area contributed by atoms with Gasteiger partial charge in [-0.3, -0.25) is 9.59 Å². The fourth-order valence-corrected chi connectivity index (χ4v) is 2.84. The molecule has 1 N–H and O–H groups in total. The number of hydrogen-bond donors (Lipinski definition) is 1. The van der Waals surface area contributed by atoms with Crippen LogP contribution in [0.25, 0.3) is 0 Å². The number of amides is 1. The lowest BCUT2D eigenvalue weighted by molar-refractivity contribution is -0.138. The predicted octanol–water partition coefficient (Wildman–Crippen LogP) is 3.77. The Labute approximate surface area is 164 Å². The van der Waals surface area contributed by atoms with Gasteiger partial charge in [0.05, 0.1) is 19.9 Å². The van der Waals surface area contributed by atoms with Crippen LogP contribution in [0, 0.1) is 12.3 Å². The van der Waals surface area contributed by atoms with Gasteiger partial charge in [-0.25, -0.2) is 0 Å². The molecule has 1 unspecified atom stereocenters. The van der Waals surface area contributed by atoms with Crippen molar-refractivity contribution in [3.05, 3.63) is 48.0 Å². The summed E-state index contributed by atoms with van der Waals surface area (Å²) in [6, 6.07) is 12.3. The summed E-state index contributed by atoms with van der Waals surface area (Å²) in [6.07, 6.45) is 0.274. The van der Waals surface area contributed by atoms with Gasteiger partial charge in [-0.1, -0.05) is 24.6 Å². The van der Waals surface area contributed by atoms with E-state index < -0.39 is 17.4 Å². The van der Waals surface area contributed by atoms with E-state index in [1.54, 1.807) is 30.3 Å². The third kappa shape index (κ3) is 4.27. The summed E-state index contributed by atoms with van der Waals surface area (Å²) in [5.41, 5.74) is 0.971. The van der Waals surface area contributed by atoms with E-state index in [-0.39, 0.29) is 5.78 Å². The summed E-state index contributed by atoms with van der Waals surface area (Å²) >= 11 is 0. The second kappa shape index (κ2) is 7.92. The van der Waals surface area contributed by atoms with E-state index in [9.17, 15) is 9.59 Å². The first-order valence-corrected chi connectivity index (χ1v) is 9.17. The van der Waals surface area contributed by atoms with Gasteiger partial charge in [0.1, 0.15) is 17.2 Å². The van der Waals surface area contributed by atoms with Crippen molar-refractivity contribution in [2.24, 2.45) is 5.41 Å². The first-order chi connectivity index (χ1) is 13.4. The lowest BCUT2D eigenvalue weighted by Gasteiger charge is -2.21. The molecule has 28 heavy (non-hydrogen) atoms. The highest BCUT2D eigenvalue weighted by molar-refractivity contribution is 6.13. The Morgan fingerprint density at radius 1 is 1.00 bits per heavy atom. The van der Waals surface area contributed by atoms with E-state index in [4.69, 9.17) is 14.2 Å². The smallest absolute Gasteiger partial charge is 0.273 e. The molecule has 1 atom stereocenters. The van der Waals surface area contributed by atoms with Crippen molar-refractivity contribution < 1.29 is 23.8 Å². The normalized spacial score (nSPS) is 15.3. The molecular weight excluding hydrogens is 358 g/mol. The van der Waals surface area contributed by atoms with Gasteiger partial charge in [0.2, 0.25) is 6.10 Å². The largest absolute Gasteiger partial charge is 0.497 e. The molecule has 0 radical (unpaired) electrons. The number of anilines is 1. The Kier molecular flexibility index (Phi) is 5.58. The topological polar surface area (TPSA) is 73.9 Å². The predicted molar refractivity (Wildman–Crippen MR) is 106 cm³/mol. The number of carbonyl (C=O) groups excluding carboxylic acids is 2. The summed E-state index contributed by atoms with van der Waals surface area (Å²) in [5, 5.41) is 2.76. The van der Waals surface area contributed by atoms with Gasteiger partial charge in [-0.2, -0.15) is 0 Å². The van der Waals surface area contributed by atoms with E-state index in [1.807, 2.05) is 26.0 Å². The van der Waals surface area contributed by atoms with E-state index in [2.05, 4.69) is 5.32 Å². The van der Waals surface area contributed by atoms with Crippen molar-refractivity contribution in [1.82, 2.24) is 0 Å². The summed E-state index contributed by atoms with van der Waals surface area (Å²) in [6.45, 7) is 3.82. The van der Waals surface area contributed by atoms with Gasteiger partial charge in [0.15, 0.2) is 5.78 Å². The minimum absolute atomic E-state index is 0.215. The van der Waals surface area contributed by atoms with Crippen LogP contribution in [-0.2, 0) is 9.59 Å². The Balaban J connectivity index is 1.86. The lowest BCUT2D eigenvalue weighted by Crippen LogP contribution is -2.43. The molecule has 3 rings (SSSR count). The Morgan fingerprint density at radius 3 is 2.21 bits per heavy atom. The average Bonchev–Trinajstić information content (AvgIpc) is 3.45. The van der Waals surface area contributed by atoms with Crippen LogP contribution in [-0.4, -0.2) is 32.0 Å². The van der Waals surface area contributed by atoms with Crippen molar-refractivity contribution in [3.63, 3.8) is 0 Å². The van der Waals surface area contributed by atoms with Gasteiger partial charge >= 0.3 is 0 Å². The minimum Gasteiger partial charge on any atom is -0.497 e. The highest BCUT2D eigenvalue weighted by atomic mass is 16.5. The van der Waals surface area contributed by atoms with E-state index in [0.29, 0.717) is 22.9 Å². The highest BCUT2D eigenvalue weighted by Crippen LogP contribution is 2.47. The molecular formula is C22H25NO5. The first-order valence-electron chi connectivity index (χ1n) is 9.17. The molecule has 1 saturated carbocycles. The molecule has 2 aromatic rings. The molecule has 2 aromatic carbocycles. The third-order valence-electron chi connectivity index (χ3n) is 5.01. The van der Waals surface area contributed by atoms with Crippen molar-refractivity contribution in [2.75, 3.05) is 19.5 Å². The van der Waals surface area contributed by atoms with Crippen molar-refractivity contribution >= 4 is 17.4 Å². The molecule has 148 valence electrons. The zero-order valence-corrected chi connectivity index (χ0v) is 16.6. The number of rotatable bonds is 8. The van der Waals surface area contributed by atoms with Crippen LogP contribution < -0.4 is 19.5 Å². The number of aryl methyl sites for hydroxylation is 1. The molecule has 1 amide bonds. The van der Waals surface area contributed by atoms with Crippen LogP contribution in [0.5, 0.6) is 17.2 Å². The van der Waals surface area contributed by atoms with Crippen molar-refractivity contribution in [2.45, 2.75) is 32.8 Å². The molecule has 1 fully saturated rings. The summed E-state index contributed by atoms with van der Waals surface area (Å²) < 4.78 is 16.3. The molecule has 6 heteroatoms. The van der Waals surface area contributed by atoms with Crippen molar-refractivity contribution in [1.29, 1.82) is 0 Å². The number of nitrogens with one attached hydrogen (secondary N) is 1. The number of benzene rings is 2. The SMILES string of the molecule is COc1ccc(OC)c(NC(=O)C(Oc2ccc(C)cc2)C(=O)C2(C)CC2)c1. The maximum Gasteiger partial charge on any atom is 0.273 e. The quantitative estimate of drug-likeness (QED) is 0.703. The monoisotopic (exact) mass is 383 g/mol. The number of hydrogen-bond acceptors (Lipinski definition) is 5.